The number of para-hydroxylation sites is 1. The van der Waals surface area contributed by atoms with Gasteiger partial charge >= 0.3 is 11.8 Å². The Kier molecular flexibility index (Phi) is 6.37. The first-order chi connectivity index (χ1) is 12.9. The van der Waals surface area contributed by atoms with Gasteiger partial charge in [-0.3, -0.25) is 14.4 Å². The molecule has 2 rings (SSSR count). The number of primary amides is 1. The Balaban J connectivity index is 2.08. The molecule has 0 aliphatic carbocycles. The highest BCUT2D eigenvalue weighted by Gasteiger charge is 2.20. The normalized spacial score (nSPS) is 11.2. The third-order valence-corrected chi connectivity index (χ3v) is 3.90. The minimum atomic E-state index is -0.906. The zero-order valence-electron chi connectivity index (χ0n) is 15.2. The number of carbonyl (C=O) groups is 3. The molecule has 0 aliphatic heterocycles. The van der Waals surface area contributed by atoms with Gasteiger partial charge in [-0.1, -0.05) is 18.2 Å². The second-order valence-electron chi connectivity index (χ2n) is 5.67. The van der Waals surface area contributed by atoms with E-state index in [-0.39, 0.29) is 11.3 Å². The number of hydrogen-bond acceptors (Lipinski definition) is 5. The second-order valence-corrected chi connectivity index (χ2v) is 5.67. The van der Waals surface area contributed by atoms with Crippen LogP contribution in [0.15, 0.2) is 42.5 Å². The Morgan fingerprint density at radius 1 is 0.963 bits per heavy atom. The van der Waals surface area contributed by atoms with Gasteiger partial charge in [0.15, 0.2) is 11.5 Å². The van der Waals surface area contributed by atoms with Crippen molar-refractivity contribution in [2.75, 3.05) is 19.5 Å². The number of methoxy groups -OCH3 is 2. The highest BCUT2D eigenvalue weighted by atomic mass is 16.5. The van der Waals surface area contributed by atoms with Crippen molar-refractivity contribution in [3.63, 3.8) is 0 Å². The number of rotatable bonds is 6. The molecule has 0 saturated heterocycles. The summed E-state index contributed by atoms with van der Waals surface area (Å²) in [5.74, 6) is -1.39. The highest BCUT2D eigenvalue weighted by Crippen LogP contribution is 2.29. The smallest absolute Gasteiger partial charge is 0.313 e. The lowest BCUT2D eigenvalue weighted by Crippen LogP contribution is -2.37. The van der Waals surface area contributed by atoms with Crippen molar-refractivity contribution in [2.45, 2.75) is 13.0 Å². The lowest BCUT2D eigenvalue weighted by atomic mass is 10.1. The standard InChI is InChI=1S/C19H21N3O5/c1-11(12-8-9-15(26-2)16(10-12)27-3)21-18(24)19(25)22-14-7-5-4-6-13(14)17(20)23/h4-11H,1-3H3,(H2,20,23)(H,21,24)(H,22,25). The SMILES string of the molecule is COc1ccc(C(C)NC(=O)C(=O)Nc2ccccc2C(N)=O)cc1OC. The van der Waals surface area contributed by atoms with E-state index in [2.05, 4.69) is 10.6 Å². The molecule has 8 heteroatoms. The molecule has 142 valence electrons. The highest BCUT2D eigenvalue weighted by molar-refractivity contribution is 6.40. The summed E-state index contributed by atoms with van der Waals surface area (Å²) in [7, 11) is 3.03. The third kappa shape index (κ3) is 4.75. The van der Waals surface area contributed by atoms with Gasteiger partial charge < -0.3 is 25.8 Å². The van der Waals surface area contributed by atoms with Gasteiger partial charge in [0.05, 0.1) is 31.5 Å². The topological polar surface area (TPSA) is 120 Å². The average molecular weight is 371 g/mol. The fraction of sp³-hybridized carbons (Fsp3) is 0.211. The van der Waals surface area contributed by atoms with E-state index in [1.807, 2.05) is 0 Å². The van der Waals surface area contributed by atoms with E-state index in [4.69, 9.17) is 15.2 Å². The van der Waals surface area contributed by atoms with E-state index in [1.54, 1.807) is 37.3 Å². The molecule has 0 heterocycles. The van der Waals surface area contributed by atoms with E-state index in [1.165, 1.54) is 26.4 Å². The van der Waals surface area contributed by atoms with Crippen molar-refractivity contribution in [3.05, 3.63) is 53.6 Å². The van der Waals surface area contributed by atoms with Crippen LogP contribution in [-0.4, -0.2) is 31.9 Å². The summed E-state index contributed by atoms with van der Waals surface area (Å²) in [4.78, 5) is 35.7. The number of nitrogens with one attached hydrogen (secondary N) is 2. The van der Waals surface area contributed by atoms with E-state index in [9.17, 15) is 14.4 Å². The van der Waals surface area contributed by atoms with E-state index >= 15 is 0 Å². The van der Waals surface area contributed by atoms with Gasteiger partial charge in [-0.25, -0.2) is 0 Å². The molecule has 0 saturated carbocycles. The molecule has 0 aliphatic rings. The van der Waals surface area contributed by atoms with Gasteiger partial charge in [-0.05, 0) is 36.8 Å². The van der Waals surface area contributed by atoms with Crippen LogP contribution in [0.3, 0.4) is 0 Å². The zero-order chi connectivity index (χ0) is 20.0. The third-order valence-electron chi connectivity index (χ3n) is 3.90. The number of hydrogen-bond donors (Lipinski definition) is 3. The van der Waals surface area contributed by atoms with Gasteiger partial charge in [0.25, 0.3) is 5.91 Å². The molecule has 27 heavy (non-hydrogen) atoms. The van der Waals surface area contributed by atoms with Gasteiger partial charge in [0.2, 0.25) is 0 Å². The summed E-state index contributed by atoms with van der Waals surface area (Å²) >= 11 is 0. The van der Waals surface area contributed by atoms with E-state index in [0.717, 1.165) is 5.56 Å². The van der Waals surface area contributed by atoms with Crippen LogP contribution in [0.25, 0.3) is 0 Å². The number of amides is 3. The summed E-state index contributed by atoms with van der Waals surface area (Å²) in [5.41, 5.74) is 6.28. The minimum absolute atomic E-state index is 0.117. The maximum atomic E-state index is 12.2. The first-order valence-corrected chi connectivity index (χ1v) is 8.10. The molecule has 0 fully saturated rings. The molecule has 2 aromatic carbocycles. The molecule has 2 aromatic rings. The molecule has 1 unspecified atom stereocenters. The van der Waals surface area contributed by atoms with E-state index in [0.29, 0.717) is 11.5 Å². The number of benzene rings is 2. The number of nitrogens with two attached hydrogens (primary N) is 1. The fourth-order valence-electron chi connectivity index (χ4n) is 2.45. The Bertz CT molecular complexity index is 866. The molecular weight excluding hydrogens is 350 g/mol. The Morgan fingerprint density at radius 2 is 1.63 bits per heavy atom. The lowest BCUT2D eigenvalue weighted by Gasteiger charge is -2.16. The molecule has 3 amide bonds. The van der Waals surface area contributed by atoms with Crippen LogP contribution in [0.1, 0.15) is 28.9 Å². The maximum absolute atomic E-state index is 12.2. The molecule has 0 aromatic heterocycles. The summed E-state index contributed by atoms with van der Waals surface area (Å²) in [6, 6.07) is 10.9. The summed E-state index contributed by atoms with van der Waals surface area (Å²) in [6.45, 7) is 1.73. The molecule has 1 atom stereocenters. The van der Waals surface area contributed by atoms with Crippen LogP contribution >= 0.6 is 0 Å². The maximum Gasteiger partial charge on any atom is 0.313 e. The minimum Gasteiger partial charge on any atom is -0.493 e. The summed E-state index contributed by atoms with van der Waals surface area (Å²) in [5, 5.41) is 4.98. The van der Waals surface area contributed by atoms with Crippen molar-refractivity contribution in [3.8, 4) is 11.5 Å². The van der Waals surface area contributed by atoms with Crippen molar-refractivity contribution >= 4 is 23.4 Å². The number of ether oxygens (including phenoxy) is 2. The first kappa shape index (κ1) is 19.8. The number of carbonyl (C=O) groups excluding carboxylic acids is 3. The summed E-state index contributed by atoms with van der Waals surface area (Å²) < 4.78 is 10.4. The van der Waals surface area contributed by atoms with E-state index < -0.39 is 23.8 Å². The van der Waals surface area contributed by atoms with Crippen LogP contribution in [0, 0.1) is 0 Å². The van der Waals surface area contributed by atoms with Gasteiger partial charge in [0.1, 0.15) is 0 Å². The largest absolute Gasteiger partial charge is 0.493 e. The van der Waals surface area contributed by atoms with Gasteiger partial charge in [-0.15, -0.1) is 0 Å². The fourth-order valence-corrected chi connectivity index (χ4v) is 2.45. The monoisotopic (exact) mass is 371 g/mol. The quantitative estimate of drug-likeness (QED) is 0.667. The molecular formula is C19H21N3O5. The van der Waals surface area contributed by atoms with Crippen LogP contribution in [0.4, 0.5) is 5.69 Å². The van der Waals surface area contributed by atoms with Crippen molar-refractivity contribution in [2.24, 2.45) is 5.73 Å². The van der Waals surface area contributed by atoms with Crippen LogP contribution in [-0.2, 0) is 9.59 Å². The molecule has 0 radical (unpaired) electrons. The predicted molar refractivity (Wildman–Crippen MR) is 99.7 cm³/mol. The average Bonchev–Trinajstić information content (AvgIpc) is 2.67. The first-order valence-electron chi connectivity index (χ1n) is 8.10. The summed E-state index contributed by atoms with van der Waals surface area (Å²) in [6.07, 6.45) is 0. The Labute approximate surface area is 156 Å². The van der Waals surface area contributed by atoms with Crippen LogP contribution < -0.4 is 25.8 Å². The van der Waals surface area contributed by atoms with Crippen molar-refractivity contribution in [1.82, 2.24) is 5.32 Å². The molecule has 4 N–H and O–H groups in total. The van der Waals surface area contributed by atoms with Crippen LogP contribution in [0.2, 0.25) is 0 Å². The molecule has 8 nitrogen and oxygen atoms in total. The molecule has 0 bridgehead atoms. The van der Waals surface area contributed by atoms with Crippen LogP contribution in [0.5, 0.6) is 11.5 Å². The Hall–Kier alpha value is -3.55. The van der Waals surface area contributed by atoms with Crippen molar-refractivity contribution in [1.29, 1.82) is 0 Å². The van der Waals surface area contributed by atoms with Crippen molar-refractivity contribution < 1.29 is 23.9 Å². The van der Waals surface area contributed by atoms with Gasteiger partial charge in [-0.2, -0.15) is 0 Å². The zero-order valence-corrected chi connectivity index (χ0v) is 15.2. The van der Waals surface area contributed by atoms with Gasteiger partial charge in [0, 0.05) is 0 Å². The number of anilines is 1. The lowest BCUT2D eigenvalue weighted by molar-refractivity contribution is -0.136. The predicted octanol–water partition coefficient (Wildman–Crippen LogP) is 1.62. The second kappa shape index (κ2) is 8.70. The molecule has 0 spiro atoms. The Morgan fingerprint density at radius 3 is 2.26 bits per heavy atom.